The number of anilines is 6. The van der Waals surface area contributed by atoms with Crippen LogP contribution in [0.3, 0.4) is 0 Å². The Morgan fingerprint density at radius 1 is 0.509 bits per heavy atom. The van der Waals surface area contributed by atoms with E-state index < -0.39 is 21.7 Å². The number of hydrogen-bond acceptors (Lipinski definition) is 10. The predicted octanol–water partition coefficient (Wildman–Crippen LogP) is 7.83. The highest BCUT2D eigenvalue weighted by molar-refractivity contribution is 7.91. The fraction of sp³-hybridized carbons (Fsp3) is 0.0952. The molecule has 284 valence electrons. The summed E-state index contributed by atoms with van der Waals surface area (Å²) in [5.41, 5.74) is 6.54. The summed E-state index contributed by atoms with van der Waals surface area (Å²) in [5, 5.41) is 21.4. The molecular formula is C42H36N10O4S. The van der Waals surface area contributed by atoms with Crippen LogP contribution in [0.15, 0.2) is 131 Å². The van der Waals surface area contributed by atoms with Crippen LogP contribution in [-0.4, -0.2) is 49.4 Å². The maximum atomic E-state index is 13.8. The number of rotatable bonds is 10. The minimum atomic E-state index is -3.97. The second kappa shape index (κ2) is 14.7. The molecule has 0 saturated heterocycles. The molecule has 0 aliphatic heterocycles. The normalized spacial score (nSPS) is 11.4. The lowest BCUT2D eigenvalue weighted by molar-refractivity contribution is 0.102. The van der Waals surface area contributed by atoms with Crippen LogP contribution in [-0.2, 0) is 9.84 Å². The SMILES string of the molecule is Cc1cc(C)n2nc(Nc3ccccc3)c(C(=O)Nc3ccc(S(=O)(=O)c4ccc(NC(=O)c5c(Nc6ccccc6)nn6c(C)cc(C)nc56)cc4)cc3)c2n1. The average molecular weight is 777 g/mol. The van der Waals surface area contributed by atoms with Gasteiger partial charge in [-0.1, -0.05) is 36.4 Å². The Bertz CT molecular complexity index is 2730. The number of fused-ring (bicyclic) bond motifs is 2. The number of carbonyl (C=O) groups excluding carboxylic acids is 2. The predicted molar refractivity (Wildman–Crippen MR) is 219 cm³/mol. The van der Waals surface area contributed by atoms with Crippen molar-refractivity contribution in [2.24, 2.45) is 0 Å². The van der Waals surface area contributed by atoms with E-state index in [1.165, 1.54) is 48.5 Å². The highest BCUT2D eigenvalue weighted by atomic mass is 32.2. The van der Waals surface area contributed by atoms with Crippen LogP contribution in [0, 0.1) is 27.7 Å². The molecule has 4 heterocycles. The fourth-order valence-electron chi connectivity index (χ4n) is 6.51. The third-order valence-corrected chi connectivity index (χ3v) is 10.9. The van der Waals surface area contributed by atoms with Gasteiger partial charge in [0.2, 0.25) is 9.84 Å². The number of carbonyl (C=O) groups is 2. The molecule has 4 N–H and O–H groups in total. The quantitative estimate of drug-likeness (QED) is 0.107. The molecule has 14 nitrogen and oxygen atoms in total. The smallest absolute Gasteiger partial charge is 0.263 e. The van der Waals surface area contributed by atoms with Crippen LogP contribution in [0.1, 0.15) is 43.5 Å². The van der Waals surface area contributed by atoms with E-state index >= 15 is 0 Å². The van der Waals surface area contributed by atoms with Crippen molar-refractivity contribution in [2.45, 2.75) is 37.5 Å². The van der Waals surface area contributed by atoms with Crippen molar-refractivity contribution in [3.63, 3.8) is 0 Å². The third-order valence-electron chi connectivity index (χ3n) is 9.16. The molecule has 0 aliphatic carbocycles. The highest BCUT2D eigenvalue weighted by Crippen LogP contribution is 2.29. The van der Waals surface area contributed by atoms with Gasteiger partial charge in [-0.2, -0.15) is 0 Å². The Kier molecular flexibility index (Phi) is 9.43. The third kappa shape index (κ3) is 7.26. The van der Waals surface area contributed by atoms with E-state index in [0.717, 1.165) is 34.2 Å². The average Bonchev–Trinajstić information content (AvgIpc) is 3.74. The van der Waals surface area contributed by atoms with E-state index in [2.05, 4.69) is 41.4 Å². The van der Waals surface area contributed by atoms with Crippen molar-refractivity contribution < 1.29 is 18.0 Å². The molecule has 15 heteroatoms. The zero-order chi connectivity index (χ0) is 39.8. The van der Waals surface area contributed by atoms with Gasteiger partial charge in [-0.3, -0.25) is 9.59 Å². The molecule has 0 radical (unpaired) electrons. The molecule has 0 unspecified atom stereocenters. The highest BCUT2D eigenvalue weighted by Gasteiger charge is 2.25. The van der Waals surface area contributed by atoms with Crippen molar-refractivity contribution >= 4 is 67.3 Å². The fourth-order valence-corrected chi connectivity index (χ4v) is 7.77. The lowest BCUT2D eigenvalue weighted by atomic mass is 10.2. The van der Waals surface area contributed by atoms with Crippen LogP contribution in [0.4, 0.5) is 34.4 Å². The molecule has 0 atom stereocenters. The first-order chi connectivity index (χ1) is 27.4. The minimum Gasteiger partial charge on any atom is -0.338 e. The Morgan fingerprint density at radius 2 is 0.877 bits per heavy atom. The van der Waals surface area contributed by atoms with Gasteiger partial charge in [0.1, 0.15) is 11.1 Å². The van der Waals surface area contributed by atoms with Crippen molar-refractivity contribution in [3.8, 4) is 0 Å². The lowest BCUT2D eigenvalue weighted by Crippen LogP contribution is -2.14. The van der Waals surface area contributed by atoms with E-state index in [0.29, 0.717) is 34.3 Å². The minimum absolute atomic E-state index is 0.0208. The summed E-state index contributed by atoms with van der Waals surface area (Å²) >= 11 is 0. The summed E-state index contributed by atoms with van der Waals surface area (Å²) in [6.07, 6.45) is 0. The molecule has 0 bridgehead atoms. The summed E-state index contributed by atoms with van der Waals surface area (Å²) in [6.45, 7) is 7.46. The number of sulfone groups is 1. The van der Waals surface area contributed by atoms with Gasteiger partial charge in [0, 0.05) is 45.5 Å². The summed E-state index contributed by atoms with van der Waals surface area (Å²) < 4.78 is 30.6. The van der Waals surface area contributed by atoms with Gasteiger partial charge in [-0.25, -0.2) is 27.4 Å². The van der Waals surface area contributed by atoms with Gasteiger partial charge < -0.3 is 21.3 Å². The number of amides is 2. The van der Waals surface area contributed by atoms with Gasteiger partial charge in [0.15, 0.2) is 22.9 Å². The molecule has 4 aromatic carbocycles. The number of hydrogen-bond donors (Lipinski definition) is 4. The Morgan fingerprint density at radius 3 is 1.25 bits per heavy atom. The maximum Gasteiger partial charge on any atom is 0.263 e. The molecule has 8 rings (SSSR count). The standard InChI is InChI=1S/C42H36N10O4S/c1-25-23-27(3)51-39(43-25)35(37(49-51)45-29-11-7-5-8-12-29)41(53)47-31-15-19-33(20-16-31)57(55,56)34-21-17-32(18-22-34)48-42(54)36-38(46-30-13-9-6-10-14-30)50-52-28(4)24-26(2)44-40(36)52/h5-24H,1-4H3,(H,45,49)(H,46,50)(H,47,53)(H,48,54). The number of aryl methyl sites for hydroxylation is 4. The van der Waals surface area contributed by atoms with Gasteiger partial charge in [0.25, 0.3) is 11.8 Å². The largest absolute Gasteiger partial charge is 0.338 e. The van der Waals surface area contributed by atoms with E-state index in [-0.39, 0.29) is 20.9 Å². The molecule has 2 amide bonds. The summed E-state index contributed by atoms with van der Waals surface area (Å²) in [4.78, 5) is 36.8. The molecule has 57 heavy (non-hydrogen) atoms. The second-order valence-corrected chi connectivity index (χ2v) is 15.4. The summed E-state index contributed by atoms with van der Waals surface area (Å²) in [7, 11) is -3.97. The molecule has 0 fully saturated rings. The molecular weight excluding hydrogens is 741 g/mol. The van der Waals surface area contributed by atoms with Crippen molar-refractivity contribution in [3.05, 3.63) is 155 Å². The number of aromatic nitrogens is 6. The number of benzene rings is 4. The summed E-state index contributed by atoms with van der Waals surface area (Å²) in [5.74, 6) is -0.295. The first kappa shape index (κ1) is 36.6. The second-order valence-electron chi connectivity index (χ2n) is 13.4. The van der Waals surface area contributed by atoms with Crippen LogP contribution >= 0.6 is 0 Å². The van der Waals surface area contributed by atoms with E-state index in [9.17, 15) is 18.0 Å². The first-order valence-electron chi connectivity index (χ1n) is 17.9. The Balaban J connectivity index is 1.01. The molecule has 0 aliphatic rings. The zero-order valence-corrected chi connectivity index (χ0v) is 32.1. The van der Waals surface area contributed by atoms with Gasteiger partial charge in [0.05, 0.1) is 9.79 Å². The molecule has 0 spiro atoms. The number of nitrogens with one attached hydrogen (secondary N) is 4. The van der Waals surface area contributed by atoms with Gasteiger partial charge in [-0.05, 0) is 113 Å². The van der Waals surface area contributed by atoms with Crippen molar-refractivity contribution in [1.29, 1.82) is 0 Å². The van der Waals surface area contributed by atoms with E-state index in [1.807, 2.05) is 100 Å². The number of para-hydroxylation sites is 2. The molecule has 4 aromatic heterocycles. The van der Waals surface area contributed by atoms with E-state index in [4.69, 9.17) is 0 Å². The first-order valence-corrected chi connectivity index (χ1v) is 19.4. The van der Waals surface area contributed by atoms with E-state index in [1.54, 1.807) is 9.03 Å². The van der Waals surface area contributed by atoms with Crippen LogP contribution in [0.2, 0.25) is 0 Å². The Labute approximate surface area is 327 Å². The van der Waals surface area contributed by atoms with Crippen LogP contribution in [0.25, 0.3) is 11.3 Å². The summed E-state index contributed by atoms with van der Waals surface area (Å²) in [6, 6.07) is 34.3. The van der Waals surface area contributed by atoms with Crippen molar-refractivity contribution in [1.82, 2.24) is 29.2 Å². The molecule has 0 saturated carbocycles. The topological polar surface area (TPSA) is 177 Å². The van der Waals surface area contributed by atoms with Crippen molar-refractivity contribution in [2.75, 3.05) is 21.3 Å². The van der Waals surface area contributed by atoms with Crippen LogP contribution in [0.5, 0.6) is 0 Å². The van der Waals surface area contributed by atoms with Gasteiger partial charge in [-0.15, -0.1) is 10.2 Å². The number of nitrogens with zero attached hydrogens (tertiary/aromatic N) is 6. The van der Waals surface area contributed by atoms with Gasteiger partial charge >= 0.3 is 0 Å². The Hall–Kier alpha value is -7.39. The van der Waals surface area contributed by atoms with Crippen LogP contribution < -0.4 is 21.3 Å². The maximum absolute atomic E-state index is 13.8. The lowest BCUT2D eigenvalue weighted by Gasteiger charge is -2.10. The monoisotopic (exact) mass is 776 g/mol. The molecule has 8 aromatic rings. The zero-order valence-electron chi connectivity index (χ0n) is 31.3.